The number of nitrogens with zero attached hydrogens (tertiary/aromatic N) is 1. The molecule has 1 rings (SSSR count). The first-order valence-corrected chi connectivity index (χ1v) is 4.81. The van der Waals surface area contributed by atoms with E-state index in [1.54, 1.807) is 0 Å². The molecule has 1 aliphatic rings. The van der Waals surface area contributed by atoms with Gasteiger partial charge in [-0.25, -0.2) is 0 Å². The Bertz CT molecular complexity index is 123. The Morgan fingerprint density at radius 2 is 1.91 bits per heavy atom. The highest BCUT2D eigenvalue weighted by Crippen LogP contribution is 2.36. The van der Waals surface area contributed by atoms with E-state index in [4.69, 9.17) is 0 Å². The lowest BCUT2D eigenvalue weighted by atomic mass is 9.72. The van der Waals surface area contributed by atoms with Crippen molar-refractivity contribution in [3.8, 4) is 0 Å². The quantitative estimate of drug-likeness (QED) is 0.605. The van der Waals surface area contributed by atoms with E-state index < -0.39 is 0 Å². The molecule has 0 bridgehead atoms. The molecule has 1 heterocycles. The summed E-state index contributed by atoms with van der Waals surface area (Å²) in [4.78, 5) is 2.56. The van der Waals surface area contributed by atoms with Crippen LogP contribution in [0.3, 0.4) is 0 Å². The Morgan fingerprint density at radius 3 is 2.27 bits per heavy atom. The normalized spacial score (nSPS) is 23.7. The SMILES string of the molecule is CCCN1CC(C)(C(C)C)C1. The molecule has 0 radical (unpaired) electrons. The largest absolute Gasteiger partial charge is 0.302 e. The molecule has 0 aromatic rings. The molecule has 0 aromatic heterocycles. The molecule has 11 heavy (non-hydrogen) atoms. The molecule has 0 unspecified atom stereocenters. The minimum absolute atomic E-state index is 0.620. The van der Waals surface area contributed by atoms with Crippen LogP contribution in [0.1, 0.15) is 34.1 Å². The third-order valence-electron chi connectivity index (χ3n) is 3.10. The first-order valence-electron chi connectivity index (χ1n) is 4.81. The zero-order chi connectivity index (χ0) is 8.48. The van der Waals surface area contributed by atoms with E-state index in [2.05, 4.69) is 32.6 Å². The maximum atomic E-state index is 2.56. The van der Waals surface area contributed by atoms with Gasteiger partial charge in [0.25, 0.3) is 0 Å². The van der Waals surface area contributed by atoms with Crippen LogP contribution in [0.4, 0.5) is 0 Å². The molecule has 0 aromatic carbocycles. The van der Waals surface area contributed by atoms with E-state index in [1.165, 1.54) is 26.1 Å². The molecule has 1 heteroatoms. The number of hydrogen-bond donors (Lipinski definition) is 0. The zero-order valence-electron chi connectivity index (χ0n) is 8.35. The lowest BCUT2D eigenvalue weighted by molar-refractivity contribution is -0.0202. The van der Waals surface area contributed by atoms with Crippen molar-refractivity contribution in [1.29, 1.82) is 0 Å². The molecule has 1 saturated heterocycles. The lowest BCUT2D eigenvalue weighted by Gasteiger charge is -2.51. The third kappa shape index (κ3) is 1.76. The highest BCUT2D eigenvalue weighted by molar-refractivity contribution is 4.92. The summed E-state index contributed by atoms with van der Waals surface area (Å²) in [6.45, 7) is 13.3. The van der Waals surface area contributed by atoms with Crippen molar-refractivity contribution < 1.29 is 0 Å². The molecule has 1 aliphatic heterocycles. The number of hydrogen-bond acceptors (Lipinski definition) is 1. The molecule has 0 spiro atoms. The van der Waals surface area contributed by atoms with Gasteiger partial charge in [-0.2, -0.15) is 0 Å². The predicted molar refractivity (Wildman–Crippen MR) is 49.7 cm³/mol. The summed E-state index contributed by atoms with van der Waals surface area (Å²) in [6.07, 6.45) is 1.30. The second-order valence-corrected chi connectivity index (χ2v) is 4.52. The molecular weight excluding hydrogens is 134 g/mol. The van der Waals surface area contributed by atoms with Crippen molar-refractivity contribution in [3.05, 3.63) is 0 Å². The second kappa shape index (κ2) is 3.14. The van der Waals surface area contributed by atoms with Crippen LogP contribution < -0.4 is 0 Å². The van der Waals surface area contributed by atoms with Crippen molar-refractivity contribution in [3.63, 3.8) is 0 Å². The monoisotopic (exact) mass is 155 g/mol. The Morgan fingerprint density at radius 1 is 1.36 bits per heavy atom. The Hall–Kier alpha value is -0.0400. The van der Waals surface area contributed by atoms with E-state index >= 15 is 0 Å². The number of likely N-dealkylation sites (tertiary alicyclic amines) is 1. The van der Waals surface area contributed by atoms with E-state index in [-0.39, 0.29) is 0 Å². The van der Waals surface area contributed by atoms with Gasteiger partial charge in [-0.3, -0.25) is 0 Å². The molecule has 0 saturated carbocycles. The first-order chi connectivity index (χ1) is 5.08. The van der Waals surface area contributed by atoms with Gasteiger partial charge in [-0.1, -0.05) is 27.7 Å². The van der Waals surface area contributed by atoms with Gasteiger partial charge in [-0.05, 0) is 24.3 Å². The van der Waals surface area contributed by atoms with Gasteiger partial charge in [0.1, 0.15) is 0 Å². The summed E-state index contributed by atoms with van der Waals surface area (Å²) in [5.41, 5.74) is 0.620. The summed E-state index contributed by atoms with van der Waals surface area (Å²) in [6, 6.07) is 0. The number of rotatable bonds is 3. The van der Waals surface area contributed by atoms with Crippen LogP contribution in [0.5, 0.6) is 0 Å². The van der Waals surface area contributed by atoms with Gasteiger partial charge in [0, 0.05) is 13.1 Å². The predicted octanol–water partition coefficient (Wildman–Crippen LogP) is 2.37. The van der Waals surface area contributed by atoms with E-state index in [9.17, 15) is 0 Å². The smallest absolute Gasteiger partial charge is 0.00503 e. The molecule has 0 amide bonds. The van der Waals surface area contributed by atoms with Gasteiger partial charge >= 0.3 is 0 Å². The summed E-state index contributed by atoms with van der Waals surface area (Å²) >= 11 is 0. The maximum Gasteiger partial charge on any atom is 0.00503 e. The maximum absolute atomic E-state index is 2.56. The first kappa shape index (κ1) is 9.05. The highest BCUT2D eigenvalue weighted by Gasteiger charge is 2.40. The van der Waals surface area contributed by atoms with Crippen LogP contribution in [0.2, 0.25) is 0 Å². The molecule has 0 N–H and O–H groups in total. The fourth-order valence-corrected chi connectivity index (χ4v) is 1.81. The Labute approximate surface area is 70.8 Å². The summed E-state index contributed by atoms with van der Waals surface area (Å²) in [5.74, 6) is 0.843. The van der Waals surface area contributed by atoms with E-state index in [0.29, 0.717) is 5.41 Å². The second-order valence-electron chi connectivity index (χ2n) is 4.52. The van der Waals surface area contributed by atoms with Crippen LogP contribution in [0, 0.1) is 11.3 Å². The average Bonchev–Trinajstić information content (AvgIpc) is 1.84. The van der Waals surface area contributed by atoms with Crippen LogP contribution in [-0.4, -0.2) is 24.5 Å². The van der Waals surface area contributed by atoms with Crippen LogP contribution in [0.25, 0.3) is 0 Å². The fraction of sp³-hybridized carbons (Fsp3) is 1.00. The minimum atomic E-state index is 0.620. The third-order valence-corrected chi connectivity index (χ3v) is 3.10. The van der Waals surface area contributed by atoms with Crippen molar-refractivity contribution in [2.24, 2.45) is 11.3 Å². The Balaban J connectivity index is 2.26. The van der Waals surface area contributed by atoms with Gasteiger partial charge in [0.05, 0.1) is 0 Å². The summed E-state index contributed by atoms with van der Waals surface area (Å²) in [5, 5.41) is 0. The van der Waals surface area contributed by atoms with Gasteiger partial charge in [-0.15, -0.1) is 0 Å². The highest BCUT2D eigenvalue weighted by atomic mass is 15.2. The summed E-state index contributed by atoms with van der Waals surface area (Å²) < 4.78 is 0. The zero-order valence-corrected chi connectivity index (χ0v) is 8.35. The van der Waals surface area contributed by atoms with Crippen molar-refractivity contribution in [1.82, 2.24) is 4.90 Å². The van der Waals surface area contributed by atoms with Crippen molar-refractivity contribution >= 4 is 0 Å². The van der Waals surface area contributed by atoms with Crippen molar-refractivity contribution in [2.45, 2.75) is 34.1 Å². The molecular formula is C10H21N. The van der Waals surface area contributed by atoms with Crippen molar-refractivity contribution in [2.75, 3.05) is 19.6 Å². The standard InChI is InChI=1S/C10H21N/c1-5-6-11-7-10(4,8-11)9(2)3/h9H,5-8H2,1-4H3. The topological polar surface area (TPSA) is 3.24 Å². The van der Waals surface area contributed by atoms with Crippen LogP contribution in [-0.2, 0) is 0 Å². The van der Waals surface area contributed by atoms with Crippen LogP contribution >= 0.6 is 0 Å². The minimum Gasteiger partial charge on any atom is -0.302 e. The average molecular weight is 155 g/mol. The molecule has 0 aliphatic carbocycles. The van der Waals surface area contributed by atoms with Gasteiger partial charge in [0.15, 0.2) is 0 Å². The molecule has 1 fully saturated rings. The van der Waals surface area contributed by atoms with E-state index in [0.717, 1.165) is 5.92 Å². The lowest BCUT2D eigenvalue weighted by Crippen LogP contribution is -2.57. The molecule has 1 nitrogen and oxygen atoms in total. The Kier molecular flexibility index (Phi) is 2.58. The van der Waals surface area contributed by atoms with Crippen LogP contribution in [0.15, 0.2) is 0 Å². The van der Waals surface area contributed by atoms with E-state index in [1.807, 2.05) is 0 Å². The molecule has 0 atom stereocenters. The van der Waals surface area contributed by atoms with Gasteiger partial charge < -0.3 is 4.90 Å². The fourth-order valence-electron chi connectivity index (χ4n) is 1.81. The summed E-state index contributed by atoms with van der Waals surface area (Å²) in [7, 11) is 0. The molecule has 66 valence electrons. The van der Waals surface area contributed by atoms with Gasteiger partial charge in [0.2, 0.25) is 0 Å².